The van der Waals surface area contributed by atoms with Crippen molar-refractivity contribution < 1.29 is 28.6 Å². The van der Waals surface area contributed by atoms with Crippen LogP contribution in [0.2, 0.25) is 0 Å². The number of nitrogens with one attached hydrogen (secondary N) is 2. The van der Waals surface area contributed by atoms with Crippen LogP contribution in [0.1, 0.15) is 20.8 Å². The molecule has 9 nitrogen and oxygen atoms in total. The van der Waals surface area contributed by atoms with E-state index in [1.54, 1.807) is 70.3 Å². The number of anilines is 3. The molecule has 9 heteroatoms. The van der Waals surface area contributed by atoms with Gasteiger partial charge in [0.15, 0.2) is 6.61 Å². The van der Waals surface area contributed by atoms with Crippen LogP contribution in [0.5, 0.6) is 11.5 Å². The first-order valence-electron chi connectivity index (χ1n) is 9.66. The first kappa shape index (κ1) is 21.9. The van der Waals surface area contributed by atoms with Gasteiger partial charge in [-0.05, 0) is 63.2 Å². The van der Waals surface area contributed by atoms with Crippen LogP contribution in [0.25, 0.3) is 0 Å². The minimum absolute atomic E-state index is 0.179. The summed E-state index contributed by atoms with van der Waals surface area (Å²) in [6.07, 6.45) is -0.626. The Bertz CT molecular complexity index is 982. The van der Waals surface area contributed by atoms with Gasteiger partial charge >= 0.3 is 6.09 Å². The van der Waals surface area contributed by atoms with Crippen molar-refractivity contribution in [2.24, 2.45) is 0 Å². The van der Waals surface area contributed by atoms with Gasteiger partial charge in [0.1, 0.15) is 23.6 Å². The second kappa shape index (κ2) is 8.95. The zero-order valence-corrected chi connectivity index (χ0v) is 17.9. The third-order valence-corrected chi connectivity index (χ3v) is 4.22. The molecule has 0 saturated heterocycles. The van der Waals surface area contributed by atoms with Crippen LogP contribution in [0.3, 0.4) is 0 Å². The van der Waals surface area contributed by atoms with Gasteiger partial charge in [-0.2, -0.15) is 0 Å². The molecule has 0 unspecified atom stereocenters. The van der Waals surface area contributed by atoms with E-state index in [-0.39, 0.29) is 25.0 Å². The summed E-state index contributed by atoms with van der Waals surface area (Å²) in [5.74, 6) is 0.357. The second-order valence-electron chi connectivity index (χ2n) is 7.85. The Balaban J connectivity index is 1.73. The summed E-state index contributed by atoms with van der Waals surface area (Å²) in [5, 5.41) is 5.37. The molecule has 164 valence electrons. The minimum atomic E-state index is -0.650. The molecule has 0 atom stereocenters. The Hall–Kier alpha value is -3.75. The van der Waals surface area contributed by atoms with E-state index in [0.717, 1.165) is 0 Å². The largest absolute Gasteiger partial charge is 0.497 e. The van der Waals surface area contributed by atoms with Crippen molar-refractivity contribution in [1.82, 2.24) is 0 Å². The number of hydrogen-bond donors (Lipinski definition) is 2. The molecule has 1 heterocycles. The minimum Gasteiger partial charge on any atom is -0.497 e. The molecule has 0 aliphatic carbocycles. The number of ether oxygens (including phenoxy) is 3. The third kappa shape index (κ3) is 5.88. The van der Waals surface area contributed by atoms with Gasteiger partial charge in [0, 0.05) is 11.4 Å². The third-order valence-electron chi connectivity index (χ3n) is 4.22. The monoisotopic (exact) mass is 427 g/mol. The summed E-state index contributed by atoms with van der Waals surface area (Å²) in [6, 6.07) is 11.7. The maximum atomic E-state index is 12.5. The van der Waals surface area contributed by atoms with E-state index < -0.39 is 11.7 Å². The van der Waals surface area contributed by atoms with Crippen LogP contribution in [-0.4, -0.2) is 43.8 Å². The molecule has 1 aliphatic heterocycles. The fraction of sp³-hybridized carbons (Fsp3) is 0.318. The van der Waals surface area contributed by atoms with Crippen LogP contribution >= 0.6 is 0 Å². The number of carbonyl (C=O) groups is 3. The molecule has 0 spiro atoms. The van der Waals surface area contributed by atoms with Gasteiger partial charge in [0.25, 0.3) is 5.91 Å². The van der Waals surface area contributed by atoms with Crippen LogP contribution in [0.4, 0.5) is 21.9 Å². The number of benzene rings is 2. The van der Waals surface area contributed by atoms with Crippen LogP contribution < -0.4 is 25.0 Å². The molecule has 2 aromatic carbocycles. The average molecular weight is 427 g/mol. The van der Waals surface area contributed by atoms with Crippen molar-refractivity contribution >= 4 is 35.0 Å². The van der Waals surface area contributed by atoms with E-state index in [1.165, 1.54) is 4.90 Å². The van der Waals surface area contributed by atoms with Crippen LogP contribution in [0.15, 0.2) is 42.5 Å². The summed E-state index contributed by atoms with van der Waals surface area (Å²) >= 11 is 0. The summed E-state index contributed by atoms with van der Waals surface area (Å²) in [6.45, 7) is 4.89. The molecule has 0 aromatic heterocycles. The van der Waals surface area contributed by atoms with Crippen molar-refractivity contribution in [3.63, 3.8) is 0 Å². The quantitative estimate of drug-likeness (QED) is 0.758. The average Bonchev–Trinajstić information content (AvgIpc) is 2.69. The van der Waals surface area contributed by atoms with Gasteiger partial charge in [-0.25, -0.2) is 4.79 Å². The zero-order chi connectivity index (χ0) is 22.6. The van der Waals surface area contributed by atoms with Crippen molar-refractivity contribution in [1.29, 1.82) is 0 Å². The van der Waals surface area contributed by atoms with Crippen molar-refractivity contribution in [2.45, 2.75) is 26.4 Å². The first-order valence-corrected chi connectivity index (χ1v) is 9.66. The van der Waals surface area contributed by atoms with Crippen molar-refractivity contribution in [2.75, 3.05) is 35.8 Å². The maximum absolute atomic E-state index is 12.5. The highest BCUT2D eigenvalue weighted by Gasteiger charge is 2.28. The van der Waals surface area contributed by atoms with Gasteiger partial charge in [0.05, 0.1) is 12.8 Å². The van der Waals surface area contributed by atoms with Crippen molar-refractivity contribution in [3.8, 4) is 11.5 Å². The lowest BCUT2D eigenvalue weighted by atomic mass is 10.2. The van der Waals surface area contributed by atoms with E-state index in [0.29, 0.717) is 28.6 Å². The Morgan fingerprint density at radius 2 is 1.74 bits per heavy atom. The highest BCUT2D eigenvalue weighted by atomic mass is 16.6. The van der Waals surface area contributed by atoms with Crippen LogP contribution in [-0.2, 0) is 14.3 Å². The lowest BCUT2D eigenvalue weighted by Gasteiger charge is -2.29. The number of methoxy groups -OCH3 is 1. The molecule has 31 heavy (non-hydrogen) atoms. The topological polar surface area (TPSA) is 106 Å². The Kier molecular flexibility index (Phi) is 6.33. The summed E-state index contributed by atoms with van der Waals surface area (Å²) in [4.78, 5) is 38.4. The number of rotatable bonds is 5. The SMILES string of the molecule is COc1ccc(NC(=O)CN2C(=O)COc3ccc(NC(=O)OC(C)(C)C)cc32)cc1. The Morgan fingerprint density at radius 3 is 2.39 bits per heavy atom. The highest BCUT2D eigenvalue weighted by molar-refractivity contribution is 6.05. The number of fused-ring (bicyclic) bond motifs is 1. The van der Waals surface area contributed by atoms with Gasteiger partial charge in [0.2, 0.25) is 5.91 Å². The predicted molar refractivity (Wildman–Crippen MR) is 116 cm³/mol. The summed E-state index contributed by atoms with van der Waals surface area (Å²) in [5.41, 5.74) is 0.719. The molecule has 3 rings (SSSR count). The smallest absolute Gasteiger partial charge is 0.412 e. The maximum Gasteiger partial charge on any atom is 0.412 e. The molecule has 0 saturated carbocycles. The van der Waals surface area contributed by atoms with Gasteiger partial charge in [-0.3, -0.25) is 19.8 Å². The molecule has 0 radical (unpaired) electrons. The molecule has 0 fully saturated rings. The number of amides is 3. The second-order valence-corrected chi connectivity index (χ2v) is 7.85. The molecule has 2 aromatic rings. The molecule has 3 amide bonds. The van der Waals surface area contributed by atoms with E-state index in [1.807, 2.05) is 0 Å². The number of nitrogens with zero attached hydrogens (tertiary/aromatic N) is 1. The standard InChI is InChI=1S/C22H25N3O6/c1-22(2,3)31-21(28)24-15-7-10-18-17(11-15)25(20(27)13-30-18)12-19(26)23-14-5-8-16(29-4)9-6-14/h5-11H,12-13H2,1-4H3,(H,23,26)(H,24,28). The fourth-order valence-electron chi connectivity index (χ4n) is 2.89. The lowest BCUT2D eigenvalue weighted by molar-refractivity contribution is -0.123. The molecule has 1 aliphatic rings. The van der Waals surface area contributed by atoms with E-state index in [4.69, 9.17) is 14.2 Å². The normalized spacial score (nSPS) is 13.0. The van der Waals surface area contributed by atoms with Crippen molar-refractivity contribution in [3.05, 3.63) is 42.5 Å². The molecule has 2 N–H and O–H groups in total. The first-order chi connectivity index (χ1) is 14.6. The van der Waals surface area contributed by atoms with Gasteiger partial charge in [-0.1, -0.05) is 0 Å². The highest BCUT2D eigenvalue weighted by Crippen LogP contribution is 2.34. The summed E-state index contributed by atoms with van der Waals surface area (Å²) < 4.78 is 15.8. The number of carbonyl (C=O) groups excluding carboxylic acids is 3. The molecular formula is C22H25N3O6. The Morgan fingerprint density at radius 1 is 1.06 bits per heavy atom. The van der Waals surface area contributed by atoms with E-state index in [2.05, 4.69) is 10.6 Å². The summed E-state index contributed by atoms with van der Waals surface area (Å²) in [7, 11) is 1.56. The predicted octanol–water partition coefficient (Wildman–Crippen LogP) is 3.41. The lowest BCUT2D eigenvalue weighted by Crippen LogP contribution is -2.43. The van der Waals surface area contributed by atoms with E-state index in [9.17, 15) is 14.4 Å². The van der Waals surface area contributed by atoms with E-state index >= 15 is 0 Å². The molecule has 0 bridgehead atoms. The fourth-order valence-corrected chi connectivity index (χ4v) is 2.89. The zero-order valence-electron chi connectivity index (χ0n) is 17.9. The van der Waals surface area contributed by atoms with Crippen LogP contribution in [0, 0.1) is 0 Å². The van der Waals surface area contributed by atoms with Gasteiger partial charge < -0.3 is 19.5 Å². The van der Waals surface area contributed by atoms with Gasteiger partial charge in [-0.15, -0.1) is 0 Å². The number of hydrogen-bond acceptors (Lipinski definition) is 6. The molecular weight excluding hydrogens is 402 g/mol. The Labute approximate surface area is 180 Å².